The minimum atomic E-state index is -0.244. The van der Waals surface area contributed by atoms with E-state index >= 15 is 0 Å². The Kier molecular flexibility index (Phi) is 6.18. The second kappa shape index (κ2) is 8.57. The van der Waals surface area contributed by atoms with Gasteiger partial charge in [-0.25, -0.2) is 4.68 Å². The number of thioether (sulfide) groups is 1. The third-order valence-electron chi connectivity index (χ3n) is 3.52. The smallest absolute Gasteiger partial charge is 0.230 e. The summed E-state index contributed by atoms with van der Waals surface area (Å²) in [6.45, 7) is 2.26. The second-order valence-corrected chi connectivity index (χ2v) is 7.23. The molecule has 1 amide bonds. The van der Waals surface area contributed by atoms with E-state index in [4.69, 9.17) is 27.6 Å². The third kappa shape index (κ3) is 4.78. The van der Waals surface area contributed by atoms with Crippen LogP contribution in [0.1, 0.15) is 24.3 Å². The molecule has 7 nitrogen and oxygen atoms in total. The second-order valence-electron chi connectivity index (χ2n) is 5.44. The molecule has 1 atom stereocenters. The third-order valence-corrected chi connectivity index (χ3v) is 5.04. The highest BCUT2D eigenvalue weighted by Gasteiger charge is 2.15. The van der Waals surface area contributed by atoms with E-state index in [-0.39, 0.29) is 17.7 Å². The molecule has 0 saturated heterocycles. The van der Waals surface area contributed by atoms with Gasteiger partial charge in [-0.3, -0.25) is 4.79 Å². The predicted molar refractivity (Wildman–Crippen MR) is 99.4 cm³/mol. The van der Waals surface area contributed by atoms with Crippen molar-refractivity contribution in [2.75, 3.05) is 5.75 Å². The number of halogens is 2. The lowest BCUT2D eigenvalue weighted by molar-refractivity contribution is -0.119. The quantitative estimate of drug-likeness (QED) is 0.597. The number of amides is 1. The molecule has 136 valence electrons. The lowest BCUT2D eigenvalue weighted by Crippen LogP contribution is -2.28. The Morgan fingerprint density at radius 2 is 2.23 bits per heavy atom. The van der Waals surface area contributed by atoms with Crippen LogP contribution in [0.5, 0.6) is 0 Å². The van der Waals surface area contributed by atoms with Crippen molar-refractivity contribution in [3.8, 4) is 0 Å². The molecule has 10 heteroatoms. The lowest BCUT2D eigenvalue weighted by Gasteiger charge is -2.15. The van der Waals surface area contributed by atoms with Crippen LogP contribution in [0.15, 0.2) is 46.2 Å². The standard InChI is InChI=1S/C16H15Cl2N5O2S/c1-10(13-5-4-11(17)7-14(13)18)19-15(24)9-26-16-20-21-22-23(16)8-12-3-2-6-25-12/h2-7,10H,8-9H2,1H3,(H,19,24). The molecule has 3 rings (SSSR count). The summed E-state index contributed by atoms with van der Waals surface area (Å²) >= 11 is 13.3. The first-order valence-electron chi connectivity index (χ1n) is 7.68. The maximum absolute atomic E-state index is 12.2. The molecule has 3 aromatic rings. The summed E-state index contributed by atoms with van der Waals surface area (Å²) in [5.41, 5.74) is 0.803. The van der Waals surface area contributed by atoms with Crippen molar-refractivity contribution >= 4 is 40.9 Å². The van der Waals surface area contributed by atoms with E-state index in [1.165, 1.54) is 11.8 Å². The Balaban J connectivity index is 1.55. The summed E-state index contributed by atoms with van der Waals surface area (Å²) in [5, 5.41) is 16.0. The average molecular weight is 412 g/mol. The van der Waals surface area contributed by atoms with Crippen molar-refractivity contribution in [1.82, 2.24) is 25.5 Å². The number of benzene rings is 1. The maximum atomic E-state index is 12.2. The van der Waals surface area contributed by atoms with Gasteiger partial charge in [0.05, 0.1) is 18.1 Å². The van der Waals surface area contributed by atoms with Gasteiger partial charge < -0.3 is 9.73 Å². The van der Waals surface area contributed by atoms with Crippen molar-refractivity contribution in [3.05, 3.63) is 58.0 Å². The molecule has 1 N–H and O–H groups in total. The van der Waals surface area contributed by atoms with Gasteiger partial charge >= 0.3 is 0 Å². The van der Waals surface area contributed by atoms with Crippen molar-refractivity contribution in [2.24, 2.45) is 0 Å². The fourth-order valence-corrected chi connectivity index (χ4v) is 3.55. The fourth-order valence-electron chi connectivity index (χ4n) is 2.29. The SMILES string of the molecule is CC(NC(=O)CSc1nnnn1Cc1ccco1)c1ccc(Cl)cc1Cl. The van der Waals surface area contributed by atoms with Gasteiger partial charge in [0.1, 0.15) is 12.3 Å². The highest BCUT2D eigenvalue weighted by atomic mass is 35.5. The molecule has 2 aromatic heterocycles. The van der Waals surface area contributed by atoms with Gasteiger partial charge in [0.25, 0.3) is 0 Å². The maximum Gasteiger partial charge on any atom is 0.230 e. The summed E-state index contributed by atoms with van der Waals surface area (Å²) in [6, 6.07) is 8.57. The van der Waals surface area contributed by atoms with Crippen LogP contribution in [-0.4, -0.2) is 31.9 Å². The number of nitrogens with one attached hydrogen (secondary N) is 1. The number of hydrogen-bond donors (Lipinski definition) is 1. The number of furan rings is 1. The van der Waals surface area contributed by atoms with Crippen LogP contribution in [0.3, 0.4) is 0 Å². The van der Waals surface area contributed by atoms with Crippen LogP contribution in [0.25, 0.3) is 0 Å². The molecule has 0 aliphatic rings. The molecular formula is C16H15Cl2N5O2S. The lowest BCUT2D eigenvalue weighted by atomic mass is 10.1. The summed E-state index contributed by atoms with van der Waals surface area (Å²) < 4.78 is 6.86. The first kappa shape index (κ1) is 18.8. The Morgan fingerprint density at radius 3 is 2.96 bits per heavy atom. The van der Waals surface area contributed by atoms with Crippen molar-refractivity contribution in [3.63, 3.8) is 0 Å². The van der Waals surface area contributed by atoms with Gasteiger partial charge in [-0.05, 0) is 47.2 Å². The van der Waals surface area contributed by atoms with Crippen LogP contribution in [0, 0.1) is 0 Å². The van der Waals surface area contributed by atoms with E-state index in [0.717, 1.165) is 11.3 Å². The topological polar surface area (TPSA) is 85.8 Å². The highest BCUT2D eigenvalue weighted by molar-refractivity contribution is 7.99. The van der Waals surface area contributed by atoms with E-state index in [0.29, 0.717) is 21.7 Å². The largest absolute Gasteiger partial charge is 0.467 e. The van der Waals surface area contributed by atoms with Gasteiger partial charge in [0.15, 0.2) is 0 Å². The molecule has 0 aliphatic heterocycles. The van der Waals surface area contributed by atoms with Crippen LogP contribution in [-0.2, 0) is 11.3 Å². The van der Waals surface area contributed by atoms with E-state index in [9.17, 15) is 4.79 Å². The highest BCUT2D eigenvalue weighted by Crippen LogP contribution is 2.26. The summed E-state index contributed by atoms with van der Waals surface area (Å²) in [7, 11) is 0. The summed E-state index contributed by atoms with van der Waals surface area (Å²) in [4.78, 5) is 12.2. The van der Waals surface area contributed by atoms with Gasteiger partial charge in [0, 0.05) is 10.0 Å². The molecule has 2 heterocycles. The zero-order chi connectivity index (χ0) is 18.5. The van der Waals surface area contributed by atoms with Crippen LogP contribution in [0.4, 0.5) is 0 Å². The van der Waals surface area contributed by atoms with Crippen LogP contribution in [0.2, 0.25) is 10.0 Å². The number of carbonyl (C=O) groups is 1. The van der Waals surface area contributed by atoms with E-state index in [1.807, 2.05) is 13.0 Å². The first-order chi connectivity index (χ1) is 12.5. The number of tetrazole rings is 1. The molecule has 0 bridgehead atoms. The number of nitrogens with zero attached hydrogens (tertiary/aromatic N) is 4. The van der Waals surface area contributed by atoms with E-state index in [2.05, 4.69) is 20.8 Å². The molecular weight excluding hydrogens is 397 g/mol. The molecule has 0 aliphatic carbocycles. The number of carbonyl (C=O) groups excluding carboxylic acids is 1. The first-order valence-corrected chi connectivity index (χ1v) is 9.42. The monoisotopic (exact) mass is 411 g/mol. The average Bonchev–Trinajstić information content (AvgIpc) is 3.25. The Hall–Kier alpha value is -2.03. The number of rotatable bonds is 7. The predicted octanol–water partition coefficient (Wildman–Crippen LogP) is 3.59. The molecule has 26 heavy (non-hydrogen) atoms. The van der Waals surface area contributed by atoms with Gasteiger partial charge in [0.2, 0.25) is 11.1 Å². The van der Waals surface area contributed by atoms with Crippen LogP contribution < -0.4 is 5.32 Å². The summed E-state index contributed by atoms with van der Waals surface area (Å²) in [6.07, 6.45) is 1.59. The molecule has 1 unspecified atom stereocenters. The summed E-state index contributed by atoms with van der Waals surface area (Å²) in [5.74, 6) is 0.754. The minimum Gasteiger partial charge on any atom is -0.467 e. The van der Waals surface area contributed by atoms with Crippen molar-refractivity contribution in [1.29, 1.82) is 0 Å². The Bertz CT molecular complexity index is 885. The van der Waals surface area contributed by atoms with Gasteiger partial charge in [-0.1, -0.05) is 41.0 Å². The van der Waals surface area contributed by atoms with Gasteiger partial charge in [-0.15, -0.1) is 5.10 Å². The zero-order valence-corrected chi connectivity index (χ0v) is 16.1. The zero-order valence-electron chi connectivity index (χ0n) is 13.7. The van der Waals surface area contributed by atoms with E-state index < -0.39 is 0 Å². The Labute approximate surface area is 164 Å². The van der Waals surface area contributed by atoms with Crippen molar-refractivity contribution < 1.29 is 9.21 Å². The number of hydrogen-bond acceptors (Lipinski definition) is 6. The normalized spacial score (nSPS) is 12.1. The fraction of sp³-hybridized carbons (Fsp3) is 0.250. The molecule has 0 radical (unpaired) electrons. The van der Waals surface area contributed by atoms with E-state index in [1.54, 1.807) is 35.2 Å². The minimum absolute atomic E-state index is 0.152. The molecule has 0 saturated carbocycles. The number of aromatic nitrogens is 4. The van der Waals surface area contributed by atoms with Gasteiger partial charge in [-0.2, -0.15) is 0 Å². The molecule has 1 aromatic carbocycles. The van der Waals surface area contributed by atoms with Crippen LogP contribution >= 0.6 is 35.0 Å². The Morgan fingerprint density at radius 1 is 1.38 bits per heavy atom. The molecule has 0 fully saturated rings. The molecule has 0 spiro atoms. The van der Waals surface area contributed by atoms with Crippen molar-refractivity contribution in [2.45, 2.75) is 24.7 Å².